The van der Waals surface area contributed by atoms with Gasteiger partial charge in [-0.2, -0.15) is 0 Å². The van der Waals surface area contributed by atoms with E-state index in [1.807, 2.05) is 6.20 Å². The highest BCUT2D eigenvalue weighted by atomic mass is 16.5. The maximum Gasteiger partial charge on any atom is 0.161 e. The Morgan fingerprint density at radius 3 is 3.13 bits per heavy atom. The number of rotatable bonds is 2. The maximum absolute atomic E-state index is 6.19. The molecule has 1 fully saturated rings. The lowest BCUT2D eigenvalue weighted by molar-refractivity contribution is 0.321. The molecule has 0 radical (unpaired) electrons. The highest BCUT2D eigenvalue weighted by molar-refractivity contribution is 5.62. The van der Waals surface area contributed by atoms with Crippen LogP contribution in [0.1, 0.15) is 24.4 Å². The van der Waals surface area contributed by atoms with Gasteiger partial charge in [0.15, 0.2) is 5.75 Å². The summed E-state index contributed by atoms with van der Waals surface area (Å²) in [6.45, 7) is 1.55. The number of ether oxygens (including phenoxy) is 1. The van der Waals surface area contributed by atoms with Crippen LogP contribution in [-0.2, 0) is 0 Å². The second-order valence-corrected chi connectivity index (χ2v) is 4.24. The third kappa shape index (κ3) is 1.55. The van der Waals surface area contributed by atoms with Gasteiger partial charge < -0.3 is 15.8 Å². The van der Waals surface area contributed by atoms with Crippen LogP contribution in [0, 0.1) is 5.92 Å². The molecule has 1 saturated carbocycles. The third-order valence-electron chi connectivity index (χ3n) is 3.09. The molecule has 1 aliphatic carbocycles. The minimum Gasteiger partial charge on any atom is -0.488 e. The Kier molecular flexibility index (Phi) is 2.02. The van der Waals surface area contributed by atoms with Crippen LogP contribution in [0.5, 0.6) is 5.75 Å². The van der Waals surface area contributed by atoms with Gasteiger partial charge >= 0.3 is 0 Å². The van der Waals surface area contributed by atoms with Crippen LogP contribution in [0.3, 0.4) is 0 Å². The molecule has 80 valence electrons. The number of nitrogens with two attached hydrogens (primary N) is 1. The van der Waals surface area contributed by atoms with Crippen molar-refractivity contribution in [2.45, 2.75) is 18.9 Å². The van der Waals surface area contributed by atoms with Crippen molar-refractivity contribution in [2.75, 3.05) is 18.5 Å². The van der Waals surface area contributed by atoms with Gasteiger partial charge in [0.25, 0.3) is 0 Å². The second kappa shape index (κ2) is 3.38. The molecule has 1 atom stereocenters. The predicted octanol–water partition coefficient (Wildman–Crippen LogP) is 1.30. The first-order valence-electron chi connectivity index (χ1n) is 5.46. The zero-order valence-corrected chi connectivity index (χ0v) is 8.57. The first-order chi connectivity index (χ1) is 7.36. The molecular formula is C11H15N3O. The molecule has 3 N–H and O–H groups in total. The van der Waals surface area contributed by atoms with Crippen molar-refractivity contribution in [1.82, 2.24) is 4.98 Å². The minimum absolute atomic E-state index is 0.113. The van der Waals surface area contributed by atoms with Crippen molar-refractivity contribution in [3.8, 4) is 5.75 Å². The molecule has 4 heteroatoms. The molecule has 2 aliphatic rings. The Hall–Kier alpha value is -1.29. The molecule has 3 rings (SSSR count). The predicted molar refractivity (Wildman–Crippen MR) is 57.9 cm³/mol. The largest absolute Gasteiger partial charge is 0.488 e. The fraction of sp³-hybridized carbons (Fsp3) is 0.545. The molecule has 1 aromatic heterocycles. The molecule has 0 saturated heterocycles. The van der Waals surface area contributed by atoms with Gasteiger partial charge in [-0.1, -0.05) is 0 Å². The Morgan fingerprint density at radius 2 is 2.33 bits per heavy atom. The van der Waals surface area contributed by atoms with Gasteiger partial charge in [0.2, 0.25) is 0 Å². The van der Waals surface area contributed by atoms with E-state index >= 15 is 0 Å². The first kappa shape index (κ1) is 8.97. The van der Waals surface area contributed by atoms with Crippen molar-refractivity contribution < 1.29 is 4.74 Å². The van der Waals surface area contributed by atoms with Crippen LogP contribution >= 0.6 is 0 Å². The molecular weight excluding hydrogens is 190 g/mol. The molecule has 15 heavy (non-hydrogen) atoms. The van der Waals surface area contributed by atoms with Crippen LogP contribution in [0.15, 0.2) is 12.4 Å². The van der Waals surface area contributed by atoms with Gasteiger partial charge in [0.05, 0.1) is 11.9 Å². The summed E-state index contributed by atoms with van der Waals surface area (Å²) >= 11 is 0. The molecule has 4 nitrogen and oxygen atoms in total. The van der Waals surface area contributed by atoms with Gasteiger partial charge in [0, 0.05) is 24.3 Å². The molecule has 1 aliphatic heterocycles. The lowest BCUT2D eigenvalue weighted by Gasteiger charge is -2.23. The molecule has 1 aromatic rings. The zero-order valence-electron chi connectivity index (χ0n) is 8.57. The molecule has 0 amide bonds. The summed E-state index contributed by atoms with van der Waals surface area (Å²) in [6.07, 6.45) is 6.10. The van der Waals surface area contributed by atoms with Crippen molar-refractivity contribution in [3.05, 3.63) is 18.0 Å². The number of pyridine rings is 1. The number of anilines is 1. The van der Waals surface area contributed by atoms with Crippen LogP contribution in [-0.4, -0.2) is 18.1 Å². The fourth-order valence-electron chi connectivity index (χ4n) is 2.05. The lowest BCUT2D eigenvalue weighted by atomic mass is 10.0. The van der Waals surface area contributed by atoms with Crippen molar-refractivity contribution in [2.24, 2.45) is 11.7 Å². The van der Waals surface area contributed by atoms with E-state index in [4.69, 9.17) is 10.5 Å². The number of aromatic nitrogens is 1. The maximum atomic E-state index is 6.19. The van der Waals surface area contributed by atoms with E-state index in [2.05, 4.69) is 10.3 Å². The van der Waals surface area contributed by atoms with Crippen molar-refractivity contribution in [3.63, 3.8) is 0 Å². The first-order valence-corrected chi connectivity index (χ1v) is 5.46. The second-order valence-electron chi connectivity index (χ2n) is 4.24. The highest BCUT2D eigenvalue weighted by Gasteiger charge is 2.32. The van der Waals surface area contributed by atoms with Crippen LogP contribution in [0.25, 0.3) is 0 Å². The fourth-order valence-corrected chi connectivity index (χ4v) is 2.05. The molecule has 0 aromatic carbocycles. The Morgan fingerprint density at radius 1 is 1.47 bits per heavy atom. The van der Waals surface area contributed by atoms with E-state index in [0.29, 0.717) is 12.5 Å². The number of hydrogen-bond donors (Lipinski definition) is 2. The lowest BCUT2D eigenvalue weighted by Crippen LogP contribution is -2.22. The summed E-state index contributed by atoms with van der Waals surface area (Å²) in [4.78, 5) is 4.18. The van der Waals surface area contributed by atoms with E-state index in [1.165, 1.54) is 12.8 Å². The summed E-state index contributed by atoms with van der Waals surface area (Å²) in [5.41, 5.74) is 8.35. The molecule has 0 spiro atoms. The summed E-state index contributed by atoms with van der Waals surface area (Å²) in [7, 11) is 0. The van der Waals surface area contributed by atoms with Crippen molar-refractivity contribution >= 4 is 5.69 Å². The Labute approximate surface area is 88.8 Å². The Bertz CT molecular complexity index is 376. The highest BCUT2D eigenvalue weighted by Crippen LogP contribution is 2.43. The molecule has 0 unspecified atom stereocenters. The van der Waals surface area contributed by atoms with E-state index in [9.17, 15) is 0 Å². The summed E-state index contributed by atoms with van der Waals surface area (Å²) < 4.78 is 5.53. The summed E-state index contributed by atoms with van der Waals surface area (Å²) in [6, 6.07) is 0.113. The number of fused-ring (bicyclic) bond motifs is 1. The van der Waals surface area contributed by atoms with Gasteiger partial charge in [-0.25, -0.2) is 0 Å². The topological polar surface area (TPSA) is 60.2 Å². The van der Waals surface area contributed by atoms with E-state index < -0.39 is 0 Å². The minimum atomic E-state index is 0.113. The Balaban J connectivity index is 1.98. The van der Waals surface area contributed by atoms with Crippen LogP contribution < -0.4 is 15.8 Å². The summed E-state index contributed by atoms with van der Waals surface area (Å²) in [5, 5.41) is 3.35. The van der Waals surface area contributed by atoms with Crippen LogP contribution in [0.4, 0.5) is 5.69 Å². The quantitative estimate of drug-likeness (QED) is 0.764. The molecule has 0 bridgehead atoms. The third-order valence-corrected chi connectivity index (χ3v) is 3.09. The number of nitrogens with zero attached hydrogens (tertiary/aromatic N) is 1. The summed E-state index contributed by atoms with van der Waals surface area (Å²) in [5.74, 6) is 1.48. The smallest absolute Gasteiger partial charge is 0.161 e. The zero-order chi connectivity index (χ0) is 10.3. The average molecular weight is 205 g/mol. The van der Waals surface area contributed by atoms with Gasteiger partial charge in [-0.3, -0.25) is 4.98 Å². The standard InChI is InChI=1S/C11H15N3O/c12-10(7-1-2-7)8-5-13-6-9-11(8)14-3-4-15-9/h5-7,10,14H,1-4,12H2/t10-/m1/s1. The average Bonchev–Trinajstić information content (AvgIpc) is 3.11. The number of nitrogens with one attached hydrogen (secondary N) is 1. The van der Waals surface area contributed by atoms with Gasteiger partial charge in [0.1, 0.15) is 6.61 Å². The van der Waals surface area contributed by atoms with E-state index in [1.54, 1.807) is 6.20 Å². The van der Waals surface area contributed by atoms with Gasteiger partial charge in [-0.15, -0.1) is 0 Å². The van der Waals surface area contributed by atoms with Crippen LogP contribution in [0.2, 0.25) is 0 Å². The van der Waals surface area contributed by atoms with E-state index in [-0.39, 0.29) is 6.04 Å². The monoisotopic (exact) mass is 205 g/mol. The van der Waals surface area contributed by atoms with E-state index in [0.717, 1.165) is 23.5 Å². The van der Waals surface area contributed by atoms with Gasteiger partial charge in [-0.05, 0) is 18.8 Å². The van der Waals surface area contributed by atoms with Crippen molar-refractivity contribution in [1.29, 1.82) is 0 Å². The normalized spacial score (nSPS) is 21.1. The SMILES string of the molecule is N[C@@H](c1cncc2c1NCCO2)C1CC1. The number of hydrogen-bond acceptors (Lipinski definition) is 4. The molecule has 2 heterocycles.